The second-order valence-corrected chi connectivity index (χ2v) is 13.4. The fraction of sp³-hybridized carbons (Fsp3) is 0.462. The first-order chi connectivity index (χ1) is 19.6. The van der Waals surface area contributed by atoms with Crippen LogP contribution in [0.1, 0.15) is 106 Å². The molecule has 1 heteroatoms. The lowest BCUT2D eigenvalue weighted by molar-refractivity contribution is -0.660. The highest BCUT2D eigenvalue weighted by atomic mass is 14.9. The van der Waals surface area contributed by atoms with Gasteiger partial charge >= 0.3 is 0 Å². The smallest absolute Gasteiger partial charge is 0.201 e. The van der Waals surface area contributed by atoms with Crippen molar-refractivity contribution in [2.45, 2.75) is 95.8 Å². The van der Waals surface area contributed by atoms with Gasteiger partial charge < -0.3 is 0 Å². The van der Waals surface area contributed by atoms with Gasteiger partial charge in [-0.1, -0.05) is 93.5 Å². The van der Waals surface area contributed by atoms with Gasteiger partial charge in [-0.3, -0.25) is 0 Å². The molecule has 0 bridgehead atoms. The van der Waals surface area contributed by atoms with E-state index < -0.39 is 0 Å². The number of nitrogens with zero attached hydrogens (tertiary/aromatic N) is 1. The summed E-state index contributed by atoms with van der Waals surface area (Å²) in [5.41, 5.74) is 9.91. The van der Waals surface area contributed by atoms with Crippen molar-refractivity contribution in [3.8, 4) is 22.4 Å². The van der Waals surface area contributed by atoms with Crippen LogP contribution in [0.15, 0.2) is 72.9 Å². The summed E-state index contributed by atoms with van der Waals surface area (Å²) in [5, 5.41) is 2.79. The van der Waals surface area contributed by atoms with Crippen LogP contribution in [-0.2, 0) is 7.05 Å². The first kappa shape index (κ1) is 26.0. The number of pyridine rings is 1. The molecular weight excluding hydrogens is 482 g/mol. The normalized spacial score (nSPS) is 23.7. The van der Waals surface area contributed by atoms with Crippen molar-refractivity contribution in [3.63, 3.8) is 0 Å². The third-order valence-corrected chi connectivity index (χ3v) is 11.0. The summed E-state index contributed by atoms with van der Waals surface area (Å²) >= 11 is 0. The van der Waals surface area contributed by atoms with Crippen LogP contribution < -0.4 is 4.57 Å². The second-order valence-electron chi connectivity index (χ2n) is 13.4. The summed E-state index contributed by atoms with van der Waals surface area (Å²) in [5.74, 6) is 3.41. The van der Waals surface area contributed by atoms with Crippen LogP contribution in [0, 0.1) is 18.8 Å². The monoisotopic (exact) mass is 528 g/mol. The molecule has 4 aromatic rings. The maximum atomic E-state index is 2.53. The number of rotatable bonds is 4. The van der Waals surface area contributed by atoms with E-state index in [1.807, 2.05) is 0 Å². The van der Waals surface area contributed by atoms with Gasteiger partial charge in [-0.2, -0.15) is 0 Å². The zero-order valence-corrected chi connectivity index (χ0v) is 24.7. The van der Waals surface area contributed by atoms with Gasteiger partial charge in [-0.05, 0) is 108 Å². The first-order valence-electron chi connectivity index (χ1n) is 16.3. The number of aromatic nitrogens is 1. The molecule has 3 atom stereocenters. The Balaban J connectivity index is 1.26. The summed E-state index contributed by atoms with van der Waals surface area (Å²) in [6, 6.07) is 26.0. The number of fused-ring (bicyclic) bond motifs is 2. The Morgan fingerprint density at radius 2 is 1.38 bits per heavy atom. The van der Waals surface area contributed by atoms with Crippen LogP contribution in [0.2, 0.25) is 0 Å². The van der Waals surface area contributed by atoms with E-state index in [4.69, 9.17) is 0 Å². The second kappa shape index (κ2) is 11.2. The zero-order valence-electron chi connectivity index (χ0n) is 24.7. The molecule has 1 nitrogen and oxygen atoms in total. The summed E-state index contributed by atoms with van der Waals surface area (Å²) in [6.07, 6.45) is 19.3. The summed E-state index contributed by atoms with van der Waals surface area (Å²) in [6.45, 7) is 2.23. The number of hydrogen-bond donors (Lipinski definition) is 0. The van der Waals surface area contributed by atoms with Crippen LogP contribution in [0.3, 0.4) is 0 Å². The maximum absolute atomic E-state index is 2.53. The van der Waals surface area contributed by atoms with Crippen molar-refractivity contribution in [1.82, 2.24) is 0 Å². The highest BCUT2D eigenvalue weighted by Gasteiger charge is 2.33. The topological polar surface area (TPSA) is 3.88 Å². The molecule has 7 rings (SSSR count). The van der Waals surface area contributed by atoms with E-state index in [1.54, 1.807) is 11.1 Å². The van der Waals surface area contributed by atoms with Crippen LogP contribution in [0.25, 0.3) is 33.2 Å². The molecule has 0 amide bonds. The van der Waals surface area contributed by atoms with Gasteiger partial charge in [0.25, 0.3) is 0 Å². The molecule has 0 radical (unpaired) electrons. The van der Waals surface area contributed by atoms with Gasteiger partial charge in [-0.25, -0.2) is 4.57 Å². The van der Waals surface area contributed by atoms with Crippen molar-refractivity contribution in [1.29, 1.82) is 0 Å². The molecule has 3 fully saturated rings. The lowest BCUT2D eigenvalue weighted by Gasteiger charge is -2.39. The highest BCUT2D eigenvalue weighted by Crippen LogP contribution is 2.46. The Bertz CT molecular complexity index is 1510. The standard InChI is InChI=1S/C39H46N/c1-27-10-6-9-15-36(27)39-25-37(38(26-40(39)2)29-12-4-3-5-13-29)35-21-20-33-23-32(18-19-34(33)24-35)31-17-16-28-11-7-8-14-30(28)22-31/h6,9-10,15,18-21,23-26,28-31H,3-5,7-8,11-14,16-17,22H2,1-2H3/q+1. The van der Waals surface area contributed by atoms with E-state index in [9.17, 15) is 0 Å². The van der Waals surface area contributed by atoms with Crippen LogP contribution in [-0.4, -0.2) is 0 Å². The molecule has 0 spiro atoms. The van der Waals surface area contributed by atoms with Crippen molar-refractivity contribution in [3.05, 3.63) is 89.6 Å². The lowest BCUT2D eigenvalue weighted by atomic mass is 9.66. The average molecular weight is 529 g/mol. The number of aryl methyl sites for hydroxylation is 2. The summed E-state index contributed by atoms with van der Waals surface area (Å²) in [7, 11) is 2.24. The van der Waals surface area contributed by atoms with E-state index in [1.165, 1.54) is 116 Å². The quantitative estimate of drug-likeness (QED) is 0.232. The molecule has 40 heavy (non-hydrogen) atoms. The highest BCUT2D eigenvalue weighted by molar-refractivity contribution is 5.89. The Labute approximate surface area is 241 Å². The van der Waals surface area contributed by atoms with Crippen molar-refractivity contribution < 1.29 is 4.57 Å². The Kier molecular flexibility index (Phi) is 7.25. The van der Waals surface area contributed by atoms with E-state index in [-0.39, 0.29) is 0 Å². The third kappa shape index (κ3) is 5.02. The minimum Gasteiger partial charge on any atom is -0.201 e. The van der Waals surface area contributed by atoms with Gasteiger partial charge in [0.05, 0.1) is 0 Å². The molecule has 0 N–H and O–H groups in total. The Morgan fingerprint density at radius 3 is 2.23 bits per heavy atom. The Hall–Kier alpha value is -2.93. The fourth-order valence-electron chi connectivity index (χ4n) is 8.65. The van der Waals surface area contributed by atoms with Gasteiger partial charge in [0.15, 0.2) is 6.20 Å². The average Bonchev–Trinajstić information content (AvgIpc) is 3.01. The first-order valence-corrected chi connectivity index (χ1v) is 16.3. The molecule has 3 aliphatic rings. The zero-order chi connectivity index (χ0) is 27.1. The van der Waals surface area contributed by atoms with Crippen LogP contribution in [0.4, 0.5) is 0 Å². The Morgan fingerprint density at radius 1 is 0.625 bits per heavy atom. The van der Waals surface area contributed by atoms with Gasteiger partial charge in [0.1, 0.15) is 7.05 Å². The van der Waals surface area contributed by atoms with Crippen molar-refractivity contribution in [2.75, 3.05) is 0 Å². The molecule has 3 unspecified atom stereocenters. The number of benzene rings is 3. The van der Waals surface area contributed by atoms with Crippen LogP contribution >= 0.6 is 0 Å². The molecule has 3 aliphatic carbocycles. The molecule has 3 aromatic carbocycles. The molecule has 206 valence electrons. The third-order valence-electron chi connectivity index (χ3n) is 11.0. The van der Waals surface area contributed by atoms with E-state index in [0.29, 0.717) is 5.92 Å². The lowest BCUT2D eigenvalue weighted by Crippen LogP contribution is -2.32. The maximum Gasteiger partial charge on any atom is 0.213 e. The van der Waals surface area contributed by atoms with Crippen LogP contribution in [0.5, 0.6) is 0 Å². The molecule has 0 aliphatic heterocycles. The molecule has 0 saturated heterocycles. The largest absolute Gasteiger partial charge is 0.213 e. The fourth-order valence-corrected chi connectivity index (χ4v) is 8.65. The molecule has 3 saturated carbocycles. The van der Waals surface area contributed by atoms with Crippen molar-refractivity contribution >= 4 is 10.8 Å². The van der Waals surface area contributed by atoms with Gasteiger partial charge in [0.2, 0.25) is 5.69 Å². The predicted octanol–water partition coefficient (Wildman–Crippen LogP) is 10.4. The number of hydrogen-bond acceptors (Lipinski definition) is 0. The molecule has 1 aromatic heterocycles. The summed E-state index contributed by atoms with van der Waals surface area (Å²) < 4.78 is 2.38. The van der Waals surface area contributed by atoms with Gasteiger partial charge in [0, 0.05) is 17.2 Å². The minimum absolute atomic E-state index is 0.661. The van der Waals surface area contributed by atoms with Gasteiger partial charge in [-0.15, -0.1) is 0 Å². The van der Waals surface area contributed by atoms with E-state index in [0.717, 1.165) is 17.8 Å². The van der Waals surface area contributed by atoms with Crippen molar-refractivity contribution in [2.24, 2.45) is 18.9 Å². The summed E-state index contributed by atoms with van der Waals surface area (Å²) in [4.78, 5) is 0. The van der Waals surface area contributed by atoms with E-state index in [2.05, 4.69) is 91.5 Å². The van der Waals surface area contributed by atoms with E-state index >= 15 is 0 Å². The molecular formula is C39H46N+. The predicted molar refractivity (Wildman–Crippen MR) is 169 cm³/mol. The minimum atomic E-state index is 0.661. The SMILES string of the molecule is Cc1ccccc1-c1cc(-c2ccc3cc(C4CCC5CCCCC5C4)ccc3c2)c(C2CCCCC2)c[n+]1C. The molecule has 1 heterocycles.